The number of hydrogen-bond donors (Lipinski definition) is 1. The van der Waals surface area contributed by atoms with Crippen molar-refractivity contribution in [1.82, 2.24) is 9.78 Å². The van der Waals surface area contributed by atoms with Gasteiger partial charge < -0.3 is 5.11 Å². The number of phenolic OH excluding ortho intramolecular Hbond substituents is 1. The Morgan fingerprint density at radius 2 is 1.75 bits per heavy atom. The fraction of sp³-hybridized carbons (Fsp3) is 0. The smallest absolute Gasteiger partial charge is 0.141 e. The molecule has 20 heavy (non-hydrogen) atoms. The monoisotopic (exact) mass is 333 g/mol. The van der Waals surface area contributed by atoms with E-state index in [4.69, 9.17) is 11.6 Å². The van der Waals surface area contributed by atoms with E-state index in [2.05, 4.69) is 11.2 Å². The Morgan fingerprint density at radius 3 is 2.45 bits per heavy atom. The van der Waals surface area contributed by atoms with Gasteiger partial charge in [-0.25, -0.2) is 11.2 Å². The molecule has 0 saturated carbocycles. The fourth-order valence-corrected chi connectivity index (χ4v) is 1.94. The van der Waals surface area contributed by atoms with Crippen LogP contribution in [0, 0.1) is 6.07 Å². The first-order valence-corrected chi connectivity index (χ1v) is 6.13. The van der Waals surface area contributed by atoms with Crippen molar-refractivity contribution in [2.24, 2.45) is 0 Å². The number of para-hydroxylation sites is 2. The van der Waals surface area contributed by atoms with Gasteiger partial charge in [-0.1, -0.05) is 47.8 Å². The average molecular weight is 335 g/mol. The van der Waals surface area contributed by atoms with E-state index < -0.39 is 0 Å². The molecular formula is C15H10ClN2OZn-. The zero-order valence-corrected chi connectivity index (χ0v) is 14.3. The minimum atomic E-state index is 0. The van der Waals surface area contributed by atoms with Crippen LogP contribution >= 0.6 is 11.6 Å². The molecule has 3 nitrogen and oxygen atoms in total. The Labute approximate surface area is 134 Å². The molecular weight excluding hydrogens is 325 g/mol. The molecule has 1 heterocycles. The number of phenols is 1. The topological polar surface area (TPSA) is 38.0 Å². The van der Waals surface area contributed by atoms with Gasteiger partial charge in [-0.05, 0) is 12.1 Å². The standard InChI is InChI=1S/C15H10ClN2O.Zn/c16-12-7-5-11(6-8-12)13-9-10-18(17-13)14-3-1-2-4-15(14)19;/h1-8,10,19H;/q-1;. The number of benzene rings is 2. The minimum absolute atomic E-state index is 0. The summed E-state index contributed by atoms with van der Waals surface area (Å²) in [7, 11) is 0. The number of aromatic nitrogens is 2. The molecule has 1 aromatic heterocycles. The van der Waals surface area contributed by atoms with Crippen molar-refractivity contribution in [2.75, 3.05) is 0 Å². The van der Waals surface area contributed by atoms with E-state index in [1.54, 1.807) is 29.1 Å². The van der Waals surface area contributed by atoms with Crippen LogP contribution in [0.3, 0.4) is 0 Å². The molecule has 2 aromatic carbocycles. The molecule has 0 atom stereocenters. The van der Waals surface area contributed by atoms with Crippen LogP contribution in [0.15, 0.2) is 54.7 Å². The molecule has 0 radical (unpaired) electrons. The van der Waals surface area contributed by atoms with Crippen molar-refractivity contribution in [3.05, 3.63) is 65.8 Å². The summed E-state index contributed by atoms with van der Waals surface area (Å²) < 4.78 is 1.60. The first-order chi connectivity index (χ1) is 9.24. The van der Waals surface area contributed by atoms with E-state index in [0.29, 0.717) is 16.4 Å². The largest absolute Gasteiger partial charge is 0.506 e. The Morgan fingerprint density at radius 1 is 1.05 bits per heavy atom. The Balaban J connectivity index is 0.00000147. The van der Waals surface area contributed by atoms with Crippen LogP contribution in [0.2, 0.25) is 5.02 Å². The van der Waals surface area contributed by atoms with Crippen LogP contribution in [0.5, 0.6) is 5.75 Å². The molecule has 0 aliphatic heterocycles. The number of rotatable bonds is 2. The van der Waals surface area contributed by atoms with E-state index in [-0.39, 0.29) is 25.2 Å². The molecule has 0 aliphatic carbocycles. The molecule has 3 aromatic rings. The van der Waals surface area contributed by atoms with Gasteiger partial charge in [0.25, 0.3) is 0 Å². The molecule has 1 N–H and O–H groups in total. The quantitative estimate of drug-likeness (QED) is 0.573. The third kappa shape index (κ3) is 2.92. The van der Waals surface area contributed by atoms with Gasteiger partial charge in [0.05, 0.1) is 0 Å². The van der Waals surface area contributed by atoms with E-state index in [1.165, 1.54) is 0 Å². The van der Waals surface area contributed by atoms with Gasteiger partial charge >= 0.3 is 0 Å². The van der Waals surface area contributed by atoms with E-state index in [1.807, 2.05) is 30.3 Å². The summed E-state index contributed by atoms with van der Waals surface area (Å²) in [5, 5.41) is 14.9. The molecule has 96 valence electrons. The summed E-state index contributed by atoms with van der Waals surface area (Å²) in [5.41, 5.74) is 2.26. The Kier molecular flexibility index (Phi) is 4.58. The first kappa shape index (κ1) is 14.8. The predicted octanol–water partition coefficient (Wildman–Crippen LogP) is 3.70. The van der Waals surface area contributed by atoms with Crippen LogP contribution in [-0.4, -0.2) is 14.9 Å². The third-order valence-electron chi connectivity index (χ3n) is 2.78. The van der Waals surface area contributed by atoms with Crippen LogP contribution in [0.25, 0.3) is 16.9 Å². The molecule has 0 fully saturated rings. The van der Waals surface area contributed by atoms with Gasteiger partial charge in [0, 0.05) is 24.5 Å². The third-order valence-corrected chi connectivity index (χ3v) is 3.03. The molecule has 0 amide bonds. The number of nitrogens with zero attached hydrogens (tertiary/aromatic N) is 2. The van der Waals surface area contributed by atoms with Crippen molar-refractivity contribution in [3.8, 4) is 22.7 Å². The van der Waals surface area contributed by atoms with E-state index >= 15 is 0 Å². The van der Waals surface area contributed by atoms with Crippen LogP contribution in [0.1, 0.15) is 0 Å². The van der Waals surface area contributed by atoms with Crippen LogP contribution in [-0.2, 0) is 19.5 Å². The molecule has 0 spiro atoms. The van der Waals surface area contributed by atoms with E-state index in [0.717, 1.165) is 5.56 Å². The number of aromatic hydroxyl groups is 1. The van der Waals surface area contributed by atoms with Crippen molar-refractivity contribution in [1.29, 1.82) is 0 Å². The minimum Gasteiger partial charge on any atom is -0.506 e. The summed E-state index contributed by atoms with van der Waals surface area (Å²) in [4.78, 5) is 0. The molecule has 5 heteroatoms. The Bertz CT molecular complexity index is 710. The second-order valence-corrected chi connectivity index (χ2v) is 4.50. The molecule has 0 unspecified atom stereocenters. The molecule has 0 aliphatic rings. The van der Waals surface area contributed by atoms with Crippen LogP contribution in [0.4, 0.5) is 0 Å². The Hall–Kier alpha value is -1.64. The normalized spacial score (nSPS) is 10.1. The number of hydrogen-bond acceptors (Lipinski definition) is 2. The van der Waals surface area contributed by atoms with Gasteiger partial charge in [0.15, 0.2) is 0 Å². The van der Waals surface area contributed by atoms with E-state index in [9.17, 15) is 5.11 Å². The van der Waals surface area contributed by atoms with Crippen molar-refractivity contribution in [2.45, 2.75) is 0 Å². The molecule has 0 saturated heterocycles. The zero-order chi connectivity index (χ0) is 13.2. The SMILES string of the molecule is Oc1ccccc1-n1c[c-]c(-c2ccc(Cl)cc2)n1.[Zn]. The summed E-state index contributed by atoms with van der Waals surface area (Å²) in [6.45, 7) is 0. The summed E-state index contributed by atoms with van der Waals surface area (Å²) in [6.07, 6.45) is 1.69. The van der Waals surface area contributed by atoms with Crippen molar-refractivity contribution in [3.63, 3.8) is 0 Å². The van der Waals surface area contributed by atoms with Crippen molar-refractivity contribution >= 4 is 11.6 Å². The maximum absolute atomic E-state index is 9.79. The van der Waals surface area contributed by atoms with Gasteiger partial charge in [-0.2, -0.15) is 0 Å². The maximum Gasteiger partial charge on any atom is 0.141 e. The molecule has 0 bridgehead atoms. The van der Waals surface area contributed by atoms with Crippen LogP contribution < -0.4 is 0 Å². The summed E-state index contributed by atoms with van der Waals surface area (Å²) in [6, 6.07) is 17.5. The second-order valence-electron chi connectivity index (χ2n) is 4.06. The predicted molar refractivity (Wildman–Crippen MR) is 74.5 cm³/mol. The van der Waals surface area contributed by atoms with Gasteiger partial charge in [-0.3, -0.25) is 4.68 Å². The summed E-state index contributed by atoms with van der Waals surface area (Å²) >= 11 is 5.85. The van der Waals surface area contributed by atoms with Gasteiger partial charge in [-0.15, -0.1) is 17.7 Å². The van der Waals surface area contributed by atoms with Gasteiger partial charge in [0.2, 0.25) is 0 Å². The fourth-order valence-electron chi connectivity index (χ4n) is 1.82. The first-order valence-electron chi connectivity index (χ1n) is 5.76. The second kappa shape index (κ2) is 6.21. The average Bonchev–Trinajstić information content (AvgIpc) is 2.89. The summed E-state index contributed by atoms with van der Waals surface area (Å²) in [5.74, 6) is 0.182. The maximum atomic E-state index is 9.79. The zero-order valence-electron chi connectivity index (χ0n) is 10.6. The van der Waals surface area contributed by atoms with Crippen molar-refractivity contribution < 1.29 is 24.6 Å². The van der Waals surface area contributed by atoms with Gasteiger partial charge in [0.1, 0.15) is 11.4 Å². The molecule has 3 rings (SSSR count). The number of halogens is 1.